The van der Waals surface area contributed by atoms with Crippen molar-refractivity contribution in [3.63, 3.8) is 0 Å². The number of hydrogen-bond acceptors (Lipinski definition) is 4. The number of ether oxygens (including phenoxy) is 2. The van der Waals surface area contributed by atoms with Crippen LogP contribution in [0.5, 0.6) is 0 Å². The summed E-state index contributed by atoms with van der Waals surface area (Å²) in [4.78, 5) is 12.2. The fourth-order valence-corrected chi connectivity index (χ4v) is 6.17. The minimum atomic E-state index is -0.546. The number of unbranched alkanes of at least 4 members (excludes halogenated alkanes) is 21. The third-order valence-corrected chi connectivity index (χ3v) is 9.52. The average Bonchev–Trinajstić information content (AvgIpc) is 3.16. The summed E-state index contributed by atoms with van der Waals surface area (Å²) in [7, 11) is 0. The Balaban J connectivity index is 3.48. The molecule has 1 unspecified atom stereocenters. The highest BCUT2D eigenvalue weighted by molar-refractivity contribution is 5.69. The summed E-state index contributed by atoms with van der Waals surface area (Å²) in [6.45, 7) is 5.20. The molecule has 4 nitrogen and oxygen atoms in total. The second kappa shape index (κ2) is 46.0. The molecule has 0 aromatic heterocycles. The second-order valence-electron chi connectivity index (χ2n) is 14.7. The van der Waals surface area contributed by atoms with Gasteiger partial charge < -0.3 is 14.6 Å². The van der Waals surface area contributed by atoms with E-state index in [-0.39, 0.29) is 19.2 Å². The molecular weight excluding hydrogens is 653 g/mol. The van der Waals surface area contributed by atoms with Crippen molar-refractivity contribution in [2.75, 3.05) is 19.8 Å². The molecule has 0 heterocycles. The molecule has 0 aliphatic rings. The van der Waals surface area contributed by atoms with Gasteiger partial charge in [0.15, 0.2) is 0 Å². The molecule has 0 rings (SSSR count). The van der Waals surface area contributed by atoms with Crippen molar-refractivity contribution in [2.24, 2.45) is 0 Å². The highest BCUT2D eigenvalue weighted by atomic mass is 16.6. The van der Waals surface area contributed by atoms with Gasteiger partial charge >= 0.3 is 5.97 Å². The molecular formula is C49H86O4. The van der Waals surface area contributed by atoms with Crippen molar-refractivity contribution in [1.29, 1.82) is 0 Å². The fraction of sp³-hybridized carbons (Fsp3) is 0.735. The number of aliphatic hydroxyl groups is 1. The Hall–Kier alpha value is -2.17. The topological polar surface area (TPSA) is 55.8 Å². The van der Waals surface area contributed by atoms with Crippen LogP contribution in [0.2, 0.25) is 0 Å². The molecule has 0 aliphatic heterocycles. The van der Waals surface area contributed by atoms with Crippen molar-refractivity contribution in [1.82, 2.24) is 0 Å². The van der Waals surface area contributed by atoms with Crippen LogP contribution in [0.15, 0.2) is 72.9 Å². The average molecular weight is 739 g/mol. The first-order chi connectivity index (χ1) is 26.2. The maximum Gasteiger partial charge on any atom is 0.306 e. The van der Waals surface area contributed by atoms with Crippen LogP contribution >= 0.6 is 0 Å². The van der Waals surface area contributed by atoms with Crippen molar-refractivity contribution in [2.45, 2.75) is 213 Å². The Kier molecular flexibility index (Phi) is 44.1. The number of hydrogen-bond donors (Lipinski definition) is 1. The summed E-state index contributed by atoms with van der Waals surface area (Å²) >= 11 is 0. The molecule has 4 heteroatoms. The van der Waals surface area contributed by atoms with Crippen LogP contribution in [0.1, 0.15) is 206 Å². The molecule has 0 aromatic carbocycles. The third-order valence-electron chi connectivity index (χ3n) is 9.52. The van der Waals surface area contributed by atoms with Crippen LogP contribution in [-0.2, 0) is 14.3 Å². The van der Waals surface area contributed by atoms with Crippen molar-refractivity contribution in [3.05, 3.63) is 72.9 Å². The van der Waals surface area contributed by atoms with E-state index in [1.54, 1.807) is 0 Å². The molecule has 0 bridgehead atoms. The van der Waals surface area contributed by atoms with E-state index in [2.05, 4.69) is 86.8 Å². The Bertz CT molecular complexity index is 911. The summed E-state index contributed by atoms with van der Waals surface area (Å²) in [5.41, 5.74) is 0. The van der Waals surface area contributed by atoms with Gasteiger partial charge in [0.25, 0.3) is 0 Å². The lowest BCUT2D eigenvalue weighted by Crippen LogP contribution is -2.27. The molecule has 0 spiro atoms. The second-order valence-corrected chi connectivity index (χ2v) is 14.7. The van der Waals surface area contributed by atoms with Gasteiger partial charge in [0.1, 0.15) is 6.10 Å². The first kappa shape index (κ1) is 50.8. The highest BCUT2D eigenvalue weighted by Gasteiger charge is 2.13. The summed E-state index contributed by atoms with van der Waals surface area (Å²) in [6, 6.07) is 0. The molecule has 0 saturated carbocycles. The van der Waals surface area contributed by atoms with Gasteiger partial charge in [-0.15, -0.1) is 0 Å². The third kappa shape index (κ3) is 44.1. The lowest BCUT2D eigenvalue weighted by molar-refractivity contribution is -0.154. The number of esters is 1. The van der Waals surface area contributed by atoms with E-state index in [4.69, 9.17) is 9.47 Å². The minimum absolute atomic E-state index is 0.181. The Morgan fingerprint density at radius 1 is 0.472 bits per heavy atom. The number of allylic oxidation sites excluding steroid dienone is 12. The molecule has 306 valence electrons. The maximum absolute atomic E-state index is 12.2. The first-order valence-electron chi connectivity index (χ1n) is 22.5. The Morgan fingerprint density at radius 2 is 0.849 bits per heavy atom. The predicted molar refractivity (Wildman–Crippen MR) is 232 cm³/mol. The summed E-state index contributed by atoms with van der Waals surface area (Å²) in [5, 5.41) is 9.62. The molecule has 0 amide bonds. The van der Waals surface area contributed by atoms with Crippen molar-refractivity contribution < 1.29 is 19.4 Å². The van der Waals surface area contributed by atoms with Crippen molar-refractivity contribution in [3.8, 4) is 0 Å². The largest absolute Gasteiger partial charge is 0.457 e. The zero-order valence-electron chi connectivity index (χ0n) is 35.0. The molecule has 0 radical (unpaired) electrons. The molecule has 0 aromatic rings. The van der Waals surface area contributed by atoms with Crippen LogP contribution in [0, 0.1) is 0 Å². The van der Waals surface area contributed by atoms with Gasteiger partial charge in [-0.2, -0.15) is 0 Å². The monoisotopic (exact) mass is 739 g/mol. The van der Waals surface area contributed by atoms with E-state index in [1.807, 2.05) is 0 Å². The van der Waals surface area contributed by atoms with Gasteiger partial charge in [-0.1, -0.05) is 189 Å². The first-order valence-corrected chi connectivity index (χ1v) is 22.5. The summed E-state index contributed by atoms with van der Waals surface area (Å²) in [6.07, 6.45) is 62.5. The Labute approximate surface area is 329 Å². The lowest BCUT2D eigenvalue weighted by Gasteiger charge is -2.16. The zero-order chi connectivity index (χ0) is 38.4. The van der Waals surface area contributed by atoms with Gasteiger partial charge in [-0.05, 0) is 83.5 Å². The van der Waals surface area contributed by atoms with Gasteiger partial charge in [0.2, 0.25) is 0 Å². The standard InChI is InChI=1S/C49H86O4/c1-3-5-7-9-11-13-15-17-19-21-23-24-25-26-27-28-30-32-34-36-38-40-42-44-49(51)53-48(46-50)47-52-45-43-41-39-37-35-33-31-29-22-20-18-16-14-12-10-8-6-4-2/h6,8,12,14-15,17-18,20-21,23,25-26,48,50H,3-5,7,9-11,13,16,19,22,24,27-47H2,1-2H3/b8-6-,14-12-,17-15-,20-18-,23-21-,26-25-. The molecule has 0 saturated heterocycles. The van der Waals surface area contributed by atoms with E-state index < -0.39 is 6.10 Å². The van der Waals surface area contributed by atoms with E-state index in [9.17, 15) is 9.90 Å². The number of aliphatic hydroxyl groups excluding tert-OH is 1. The van der Waals surface area contributed by atoms with Crippen LogP contribution in [0.3, 0.4) is 0 Å². The van der Waals surface area contributed by atoms with Crippen LogP contribution in [0.4, 0.5) is 0 Å². The lowest BCUT2D eigenvalue weighted by atomic mass is 10.1. The minimum Gasteiger partial charge on any atom is -0.457 e. The van der Waals surface area contributed by atoms with E-state index in [0.717, 1.165) is 51.4 Å². The van der Waals surface area contributed by atoms with Gasteiger partial charge in [-0.25, -0.2) is 0 Å². The SMILES string of the molecule is CC/C=C\C/C=C\C/C=C\CCCCCCCCCCOCC(CO)OC(=O)CCCCCCCCCC/C=C\C/C=C\C/C=C\CCCCCCC. The number of carbonyl (C=O) groups excluding carboxylic acids is 1. The smallest absolute Gasteiger partial charge is 0.306 e. The summed E-state index contributed by atoms with van der Waals surface area (Å²) in [5.74, 6) is -0.212. The quantitative estimate of drug-likeness (QED) is 0.0385. The van der Waals surface area contributed by atoms with Crippen LogP contribution in [0.25, 0.3) is 0 Å². The Morgan fingerprint density at radius 3 is 1.28 bits per heavy atom. The summed E-state index contributed by atoms with van der Waals surface area (Å²) < 4.78 is 11.2. The number of rotatable bonds is 41. The van der Waals surface area contributed by atoms with E-state index in [1.165, 1.54) is 135 Å². The maximum atomic E-state index is 12.2. The molecule has 53 heavy (non-hydrogen) atoms. The van der Waals surface area contributed by atoms with E-state index in [0.29, 0.717) is 13.0 Å². The number of carbonyl (C=O) groups is 1. The van der Waals surface area contributed by atoms with Crippen LogP contribution in [-0.4, -0.2) is 37.0 Å². The molecule has 1 N–H and O–H groups in total. The predicted octanol–water partition coefficient (Wildman–Crippen LogP) is 15.0. The zero-order valence-corrected chi connectivity index (χ0v) is 35.0. The van der Waals surface area contributed by atoms with Gasteiger partial charge in [0.05, 0.1) is 13.2 Å². The normalized spacial score (nSPS) is 13.0. The van der Waals surface area contributed by atoms with Gasteiger partial charge in [-0.3, -0.25) is 4.79 Å². The highest BCUT2D eigenvalue weighted by Crippen LogP contribution is 2.13. The van der Waals surface area contributed by atoms with Crippen LogP contribution < -0.4 is 0 Å². The van der Waals surface area contributed by atoms with Crippen molar-refractivity contribution >= 4 is 5.97 Å². The fourth-order valence-electron chi connectivity index (χ4n) is 6.17. The molecule has 0 fully saturated rings. The molecule has 0 aliphatic carbocycles. The molecule has 1 atom stereocenters. The van der Waals surface area contributed by atoms with Gasteiger partial charge in [0, 0.05) is 13.0 Å². The van der Waals surface area contributed by atoms with E-state index >= 15 is 0 Å².